The standard InChI is InChI=1S/C23H21N5O8S3.Co.Na/c1-14-22(23(30)28(26-14)15-7-9-16(10-8-15)36-39(33,34)37)25-24-18-12-11-17(13-20(18)29)38(31,32)27-19-5-3-4-6-21(19)35-2;;/h3-13,27,29-30H,1-2H3,(H,33,34,37);;/q;+2;+1/p-2. The molecule has 4 rings (SSSR count). The number of hydrogen-bond acceptors (Lipinski definition) is 11. The van der Waals surface area contributed by atoms with Crippen LogP contribution in [0.15, 0.2) is 81.9 Å². The molecule has 1 atom stereocenters. The van der Waals surface area contributed by atoms with Gasteiger partial charge in [-0.3, -0.25) is 9.27 Å². The first kappa shape index (κ1) is 34.5. The molecule has 0 bridgehead atoms. The van der Waals surface area contributed by atoms with Gasteiger partial charge in [0.15, 0.2) is 0 Å². The fraction of sp³-hybridized carbons (Fsp3) is 0.0870. The molecule has 1 heterocycles. The van der Waals surface area contributed by atoms with E-state index in [0.29, 0.717) is 11.4 Å². The van der Waals surface area contributed by atoms with E-state index >= 15 is 0 Å². The fourth-order valence-corrected chi connectivity index (χ4v) is 5.01. The molecule has 0 aliphatic rings. The predicted octanol–water partition coefficient (Wildman–Crippen LogP) is 0.0673. The van der Waals surface area contributed by atoms with Crippen molar-refractivity contribution in [2.45, 2.75) is 11.8 Å². The molecule has 211 valence electrons. The van der Waals surface area contributed by atoms with Gasteiger partial charge in [-0.1, -0.05) is 17.9 Å². The summed E-state index contributed by atoms with van der Waals surface area (Å²) in [7, 11) is -6.60. The monoisotopic (exact) mass is 671 g/mol. The van der Waals surface area contributed by atoms with Gasteiger partial charge in [-0.15, -0.1) is 5.11 Å². The summed E-state index contributed by atoms with van der Waals surface area (Å²) in [6.07, 6.45) is 0. The summed E-state index contributed by atoms with van der Waals surface area (Å²) >= 11 is 4.28. The molecule has 13 nitrogen and oxygen atoms in total. The Morgan fingerprint density at radius 2 is 1.68 bits per heavy atom. The van der Waals surface area contributed by atoms with Crippen molar-refractivity contribution in [1.82, 2.24) is 9.78 Å². The van der Waals surface area contributed by atoms with E-state index in [2.05, 4.69) is 31.2 Å². The molecule has 0 saturated heterocycles. The van der Waals surface area contributed by atoms with Crippen LogP contribution in [0.25, 0.3) is 5.69 Å². The second-order valence-electron chi connectivity index (χ2n) is 7.79. The van der Waals surface area contributed by atoms with Gasteiger partial charge in [-0.2, -0.15) is 14.4 Å². The summed E-state index contributed by atoms with van der Waals surface area (Å²) in [4.78, 5) is -0.300. The number of methoxy groups -OCH3 is 1. The van der Waals surface area contributed by atoms with E-state index in [1.54, 1.807) is 18.2 Å². The number of aromatic nitrogens is 2. The fourth-order valence-electron chi connectivity index (χ4n) is 3.33. The number of nitrogens with one attached hydrogen (secondary N) is 1. The Bertz CT molecular complexity index is 1780. The average molecular weight is 672 g/mol. The third-order valence-corrected chi connectivity index (χ3v) is 7.09. The van der Waals surface area contributed by atoms with Gasteiger partial charge < -0.3 is 19.1 Å². The van der Waals surface area contributed by atoms with Crippen LogP contribution in [0.3, 0.4) is 0 Å². The summed E-state index contributed by atoms with van der Waals surface area (Å²) in [6, 6.07) is 15.1. The van der Waals surface area contributed by atoms with E-state index in [9.17, 15) is 22.8 Å². The van der Waals surface area contributed by atoms with E-state index in [1.165, 1.54) is 56.5 Å². The molecular formula is C23H19CoN5NaO8S3+. The number of benzene rings is 3. The van der Waals surface area contributed by atoms with Crippen molar-refractivity contribution in [3.63, 3.8) is 0 Å². The number of hydrogen-bond donors (Lipinski definition) is 2. The number of anilines is 1. The smallest absolute Gasteiger partial charge is 0.871 e. The number of aryl methyl sites for hydroxylation is 1. The Morgan fingerprint density at radius 3 is 2.29 bits per heavy atom. The minimum atomic E-state index is -4.12. The van der Waals surface area contributed by atoms with Gasteiger partial charge in [0.2, 0.25) is 0 Å². The summed E-state index contributed by atoms with van der Waals surface area (Å²) in [5.74, 6) is -1.07. The molecule has 0 saturated carbocycles. The Morgan fingerprint density at radius 1 is 1.02 bits per heavy atom. The first-order chi connectivity index (χ1) is 18.4. The van der Waals surface area contributed by atoms with Gasteiger partial charge in [0.25, 0.3) is 10.0 Å². The molecule has 4 aromatic rings. The number of para-hydroxylation sites is 2. The van der Waals surface area contributed by atoms with Gasteiger partial charge in [-0.05, 0) is 61.5 Å². The topological polar surface area (TPSA) is 191 Å². The van der Waals surface area contributed by atoms with Crippen LogP contribution in [0.4, 0.5) is 17.1 Å². The van der Waals surface area contributed by atoms with Crippen molar-refractivity contribution < 1.29 is 82.6 Å². The minimum absolute atomic E-state index is 0. The molecule has 0 amide bonds. The molecule has 0 aliphatic heterocycles. The van der Waals surface area contributed by atoms with Gasteiger partial charge >= 0.3 is 55.4 Å². The van der Waals surface area contributed by atoms with Gasteiger partial charge in [0.1, 0.15) is 17.2 Å². The number of ether oxygens (including phenoxy) is 1. The van der Waals surface area contributed by atoms with E-state index in [-0.39, 0.29) is 79.7 Å². The maximum absolute atomic E-state index is 12.9. The van der Waals surface area contributed by atoms with Crippen LogP contribution >= 0.6 is 0 Å². The quantitative estimate of drug-likeness (QED) is 0.182. The van der Waals surface area contributed by atoms with Crippen molar-refractivity contribution in [2.24, 2.45) is 10.2 Å². The molecule has 0 aliphatic carbocycles. The third-order valence-electron chi connectivity index (χ3n) is 5.12. The van der Waals surface area contributed by atoms with Crippen LogP contribution in [-0.4, -0.2) is 34.1 Å². The van der Waals surface area contributed by atoms with Crippen molar-refractivity contribution in [3.05, 3.63) is 72.4 Å². The van der Waals surface area contributed by atoms with Gasteiger partial charge in [0.05, 0.1) is 45.9 Å². The van der Waals surface area contributed by atoms with Crippen molar-refractivity contribution in [1.29, 1.82) is 0 Å². The molecule has 2 N–H and O–H groups in total. The molecular weight excluding hydrogens is 652 g/mol. The zero-order chi connectivity index (χ0) is 28.4. The van der Waals surface area contributed by atoms with E-state index < -0.39 is 30.7 Å². The zero-order valence-corrected chi connectivity index (χ0v) is 27.0. The number of sulfonamides is 1. The van der Waals surface area contributed by atoms with Crippen LogP contribution in [-0.2, 0) is 47.0 Å². The van der Waals surface area contributed by atoms with Gasteiger partial charge in [-0.25, -0.2) is 13.1 Å². The Labute approximate surface area is 272 Å². The van der Waals surface area contributed by atoms with Crippen LogP contribution in [0, 0.1) is 6.92 Å². The first-order valence-corrected chi connectivity index (χ1v) is 14.7. The molecule has 1 radical (unpaired) electrons. The molecule has 1 aromatic heterocycles. The second kappa shape index (κ2) is 13.9. The van der Waals surface area contributed by atoms with Crippen molar-refractivity contribution >= 4 is 47.3 Å². The Hall–Kier alpha value is -2.74. The SMILES string of the molecule is COc1ccccc1NS(=O)(=O)c1ccc(N=Nc2c(C)nn(-c3ccc(OS(=O)(O)=S)cc3)c2[O-])c([O-])c1.[Co+2].[Na+]. The molecule has 41 heavy (non-hydrogen) atoms. The van der Waals surface area contributed by atoms with Crippen LogP contribution < -0.4 is 53.4 Å². The van der Waals surface area contributed by atoms with Gasteiger partial charge in [0, 0.05) is 5.88 Å². The molecule has 0 fully saturated rings. The first-order valence-electron chi connectivity index (χ1n) is 10.8. The molecule has 3 aromatic carbocycles. The zero-order valence-electron chi connectivity index (χ0n) is 21.5. The van der Waals surface area contributed by atoms with E-state index in [0.717, 1.165) is 10.7 Å². The van der Waals surface area contributed by atoms with Crippen LogP contribution in [0.5, 0.6) is 23.1 Å². The van der Waals surface area contributed by atoms with Crippen LogP contribution in [0.2, 0.25) is 0 Å². The minimum Gasteiger partial charge on any atom is -0.871 e. The molecule has 1 unspecified atom stereocenters. The van der Waals surface area contributed by atoms with Crippen LogP contribution in [0.1, 0.15) is 5.69 Å². The average Bonchev–Trinajstić information content (AvgIpc) is 3.15. The Kier molecular flexibility index (Phi) is 11.7. The summed E-state index contributed by atoms with van der Waals surface area (Å²) in [5.41, 5.74) is 0.360. The summed E-state index contributed by atoms with van der Waals surface area (Å²) in [5, 5.41) is 37.3. The maximum atomic E-state index is 12.9. The van der Waals surface area contributed by atoms with E-state index in [4.69, 9.17) is 13.5 Å². The molecule has 18 heteroatoms. The largest absolute Gasteiger partial charge is 2.00 e. The van der Waals surface area contributed by atoms with E-state index in [1.807, 2.05) is 0 Å². The molecule has 0 spiro atoms. The maximum Gasteiger partial charge on any atom is 2.00 e. The predicted molar refractivity (Wildman–Crippen MR) is 140 cm³/mol. The van der Waals surface area contributed by atoms with Crippen molar-refractivity contribution in [3.8, 4) is 28.8 Å². The summed E-state index contributed by atoms with van der Waals surface area (Å²) in [6.45, 7) is 1.51. The number of azo groups is 1. The number of rotatable bonds is 9. The Balaban J connectivity index is 0.00000294. The summed E-state index contributed by atoms with van der Waals surface area (Å²) < 4.78 is 59.1. The number of nitrogens with zero attached hydrogens (tertiary/aromatic N) is 4. The second-order valence-corrected chi connectivity index (χ2v) is 11.8. The third kappa shape index (κ3) is 8.40. The van der Waals surface area contributed by atoms with Crippen molar-refractivity contribution in [2.75, 3.05) is 11.8 Å². The normalized spacial score (nSPS) is 12.6.